The van der Waals surface area contributed by atoms with Gasteiger partial charge in [-0.3, -0.25) is 4.79 Å². The predicted octanol–water partition coefficient (Wildman–Crippen LogP) is 2.11. The molecule has 0 aromatic heterocycles. The van der Waals surface area contributed by atoms with Crippen LogP contribution in [0, 0.1) is 11.8 Å². The molecular weight excluding hydrogens is 318 g/mol. The van der Waals surface area contributed by atoms with Gasteiger partial charge in [0.2, 0.25) is 5.91 Å². The topological polar surface area (TPSA) is 72.4 Å². The number of fused-ring (bicyclic) bond motifs is 1. The first-order valence-electron chi connectivity index (χ1n) is 7.16. The quantitative estimate of drug-likeness (QED) is 0.868. The molecule has 3 rings (SSSR count). The monoisotopic (exact) mass is 337 g/mol. The van der Waals surface area contributed by atoms with E-state index in [9.17, 15) is 4.79 Å². The fraction of sp³-hybridized carbons (Fsp3) is 0.533. The molecule has 0 bridgehead atoms. The molecule has 20 heavy (non-hydrogen) atoms. The van der Waals surface area contributed by atoms with Crippen molar-refractivity contribution < 1.29 is 4.79 Å². The van der Waals surface area contributed by atoms with Crippen LogP contribution in [0.5, 0.6) is 0 Å². The van der Waals surface area contributed by atoms with Gasteiger partial charge in [-0.2, -0.15) is 0 Å². The molecule has 1 heterocycles. The van der Waals surface area contributed by atoms with Crippen LogP contribution in [-0.2, 0) is 0 Å². The molecule has 1 amide bonds. The second-order valence-corrected chi connectivity index (χ2v) is 6.81. The maximum atomic E-state index is 11.3. The van der Waals surface area contributed by atoms with Crippen molar-refractivity contribution in [2.45, 2.75) is 25.3 Å². The Morgan fingerprint density at radius 2 is 2.10 bits per heavy atom. The minimum Gasteiger partial charge on any atom is -0.371 e. The summed E-state index contributed by atoms with van der Waals surface area (Å²) in [5.74, 6) is 0.923. The van der Waals surface area contributed by atoms with Crippen LogP contribution in [0.15, 0.2) is 22.7 Å². The normalized spacial score (nSPS) is 29.3. The van der Waals surface area contributed by atoms with Gasteiger partial charge < -0.3 is 16.4 Å². The van der Waals surface area contributed by atoms with Gasteiger partial charge >= 0.3 is 0 Å². The molecule has 4 nitrogen and oxygen atoms in total. The number of nitrogens with two attached hydrogens (primary N) is 2. The first kappa shape index (κ1) is 13.9. The Morgan fingerprint density at radius 3 is 2.75 bits per heavy atom. The van der Waals surface area contributed by atoms with E-state index in [2.05, 4.69) is 20.8 Å². The molecule has 1 aromatic carbocycles. The molecule has 1 aliphatic carbocycles. The molecule has 1 saturated heterocycles. The Bertz CT molecular complexity index is 534. The summed E-state index contributed by atoms with van der Waals surface area (Å²) in [5, 5.41) is 0. The van der Waals surface area contributed by atoms with E-state index < -0.39 is 5.91 Å². The lowest BCUT2D eigenvalue weighted by atomic mass is 9.78. The third-order valence-corrected chi connectivity index (χ3v) is 5.39. The third kappa shape index (κ3) is 2.44. The number of anilines is 1. The van der Waals surface area contributed by atoms with Gasteiger partial charge in [-0.25, -0.2) is 0 Å². The van der Waals surface area contributed by atoms with E-state index in [4.69, 9.17) is 11.5 Å². The van der Waals surface area contributed by atoms with Crippen molar-refractivity contribution in [2.24, 2.45) is 23.3 Å². The molecular formula is C15H20BrN3O. The largest absolute Gasteiger partial charge is 0.371 e. The minimum atomic E-state index is -0.402. The predicted molar refractivity (Wildman–Crippen MR) is 83.7 cm³/mol. The lowest BCUT2D eigenvalue weighted by Crippen LogP contribution is -2.38. The van der Waals surface area contributed by atoms with Crippen LogP contribution in [0.1, 0.15) is 29.6 Å². The molecule has 3 atom stereocenters. The van der Waals surface area contributed by atoms with Crippen molar-refractivity contribution in [2.75, 3.05) is 18.0 Å². The Labute approximate surface area is 127 Å². The number of nitrogens with zero attached hydrogens (tertiary/aromatic N) is 1. The SMILES string of the molecule is NC(=O)c1ccc(N2CC3CCCC(N)C3C2)cc1Br. The van der Waals surface area contributed by atoms with Gasteiger partial charge in [-0.1, -0.05) is 6.42 Å². The van der Waals surface area contributed by atoms with E-state index in [0.717, 1.165) is 29.7 Å². The van der Waals surface area contributed by atoms with E-state index in [1.807, 2.05) is 12.1 Å². The summed E-state index contributed by atoms with van der Waals surface area (Å²) in [5.41, 5.74) is 13.3. The Hall–Kier alpha value is -1.07. The number of amides is 1. The smallest absolute Gasteiger partial charge is 0.249 e. The molecule has 1 aromatic rings. The van der Waals surface area contributed by atoms with E-state index >= 15 is 0 Å². The molecule has 1 saturated carbocycles. The summed E-state index contributed by atoms with van der Waals surface area (Å²) in [6.07, 6.45) is 3.69. The highest BCUT2D eigenvalue weighted by atomic mass is 79.9. The van der Waals surface area contributed by atoms with Gasteiger partial charge in [0.15, 0.2) is 0 Å². The number of primary amides is 1. The number of rotatable bonds is 2. The standard InChI is InChI=1S/C15H20BrN3O/c16-13-6-10(4-5-11(13)15(18)20)19-7-9-2-1-3-14(17)12(9)8-19/h4-6,9,12,14H,1-3,7-8,17H2,(H2,18,20). The van der Waals surface area contributed by atoms with Crippen molar-refractivity contribution in [3.63, 3.8) is 0 Å². The Balaban J connectivity index is 1.81. The first-order valence-corrected chi connectivity index (χ1v) is 7.95. The van der Waals surface area contributed by atoms with Crippen LogP contribution in [0.25, 0.3) is 0 Å². The summed E-state index contributed by atoms with van der Waals surface area (Å²) in [4.78, 5) is 13.6. The van der Waals surface area contributed by atoms with Crippen LogP contribution < -0.4 is 16.4 Å². The van der Waals surface area contributed by atoms with E-state index in [0.29, 0.717) is 23.4 Å². The van der Waals surface area contributed by atoms with Gasteiger partial charge in [0.1, 0.15) is 0 Å². The molecule has 108 valence electrons. The summed E-state index contributed by atoms with van der Waals surface area (Å²) >= 11 is 3.43. The highest BCUT2D eigenvalue weighted by Crippen LogP contribution is 2.38. The second kappa shape index (κ2) is 5.37. The lowest BCUT2D eigenvalue weighted by molar-refractivity contribution is 0.0999. The average Bonchev–Trinajstić information content (AvgIpc) is 2.83. The van der Waals surface area contributed by atoms with E-state index in [-0.39, 0.29) is 0 Å². The zero-order valence-electron chi connectivity index (χ0n) is 11.4. The molecule has 3 unspecified atom stereocenters. The number of hydrogen-bond acceptors (Lipinski definition) is 3. The van der Waals surface area contributed by atoms with Crippen molar-refractivity contribution in [1.82, 2.24) is 0 Å². The number of hydrogen-bond donors (Lipinski definition) is 2. The molecule has 2 fully saturated rings. The van der Waals surface area contributed by atoms with Crippen LogP contribution in [0.4, 0.5) is 5.69 Å². The van der Waals surface area contributed by atoms with Crippen LogP contribution >= 0.6 is 15.9 Å². The molecule has 0 spiro atoms. The molecule has 1 aliphatic heterocycles. The van der Waals surface area contributed by atoms with Gasteiger partial charge in [0.05, 0.1) is 5.56 Å². The molecule has 4 N–H and O–H groups in total. The summed E-state index contributed by atoms with van der Waals surface area (Å²) in [7, 11) is 0. The number of benzene rings is 1. The maximum absolute atomic E-state index is 11.3. The third-order valence-electron chi connectivity index (χ3n) is 4.74. The number of carbonyl (C=O) groups is 1. The Morgan fingerprint density at radius 1 is 1.30 bits per heavy atom. The van der Waals surface area contributed by atoms with E-state index in [1.165, 1.54) is 12.8 Å². The summed E-state index contributed by atoms with van der Waals surface area (Å²) < 4.78 is 0.765. The average molecular weight is 338 g/mol. The highest BCUT2D eigenvalue weighted by molar-refractivity contribution is 9.10. The minimum absolute atomic E-state index is 0.340. The van der Waals surface area contributed by atoms with Gasteiger partial charge in [0.25, 0.3) is 0 Å². The summed E-state index contributed by atoms with van der Waals surface area (Å²) in [6.45, 7) is 2.09. The Kier molecular flexibility index (Phi) is 3.73. The van der Waals surface area contributed by atoms with Crippen molar-refractivity contribution in [3.8, 4) is 0 Å². The molecule has 5 heteroatoms. The first-order chi connectivity index (χ1) is 9.56. The van der Waals surface area contributed by atoms with Gasteiger partial charge in [0, 0.05) is 29.3 Å². The number of carbonyl (C=O) groups excluding carboxylic acids is 1. The van der Waals surface area contributed by atoms with Crippen LogP contribution in [0.2, 0.25) is 0 Å². The zero-order valence-corrected chi connectivity index (χ0v) is 13.0. The van der Waals surface area contributed by atoms with Gasteiger partial charge in [-0.05, 0) is 58.8 Å². The van der Waals surface area contributed by atoms with Crippen molar-refractivity contribution in [1.29, 1.82) is 0 Å². The maximum Gasteiger partial charge on any atom is 0.249 e. The zero-order chi connectivity index (χ0) is 14.3. The molecule has 0 radical (unpaired) electrons. The van der Waals surface area contributed by atoms with E-state index in [1.54, 1.807) is 6.07 Å². The van der Waals surface area contributed by atoms with Crippen LogP contribution in [-0.4, -0.2) is 25.0 Å². The lowest BCUT2D eigenvalue weighted by Gasteiger charge is -2.29. The fourth-order valence-corrected chi connectivity index (χ4v) is 4.19. The van der Waals surface area contributed by atoms with Gasteiger partial charge in [-0.15, -0.1) is 0 Å². The second-order valence-electron chi connectivity index (χ2n) is 5.95. The van der Waals surface area contributed by atoms with Crippen molar-refractivity contribution in [3.05, 3.63) is 28.2 Å². The molecule has 2 aliphatic rings. The fourth-order valence-electron chi connectivity index (χ4n) is 3.63. The summed E-state index contributed by atoms with van der Waals surface area (Å²) in [6, 6.07) is 6.10. The number of halogens is 1. The van der Waals surface area contributed by atoms with Crippen LogP contribution in [0.3, 0.4) is 0 Å². The van der Waals surface area contributed by atoms with Crippen molar-refractivity contribution >= 4 is 27.5 Å². The highest BCUT2D eigenvalue weighted by Gasteiger charge is 2.38.